The smallest absolute Gasteiger partial charge is 0.251 e. The number of nitrogens with zero attached hydrogens (tertiary/aromatic N) is 7. The van der Waals surface area contributed by atoms with Crippen molar-refractivity contribution in [2.75, 3.05) is 31.1 Å². The largest absolute Gasteiger partial charge is 0.366 e. The van der Waals surface area contributed by atoms with Gasteiger partial charge in [-0.05, 0) is 43.0 Å². The molecule has 158 valence electrons. The highest BCUT2D eigenvalue weighted by atomic mass is 16.1. The second kappa shape index (κ2) is 8.74. The predicted molar refractivity (Wildman–Crippen MR) is 115 cm³/mol. The minimum atomic E-state index is -0.502. The Balaban J connectivity index is 1.31. The van der Waals surface area contributed by atoms with E-state index in [-0.39, 0.29) is 0 Å². The number of anilines is 1. The summed E-state index contributed by atoms with van der Waals surface area (Å²) in [6, 6.07) is 6.41. The third kappa shape index (κ3) is 4.40. The average Bonchev–Trinajstić information content (AvgIpc) is 3.14. The summed E-state index contributed by atoms with van der Waals surface area (Å²) in [4.78, 5) is 24.4. The van der Waals surface area contributed by atoms with Gasteiger partial charge in [-0.2, -0.15) is 0 Å². The van der Waals surface area contributed by atoms with Crippen LogP contribution >= 0.6 is 0 Å². The first-order chi connectivity index (χ1) is 14.5. The lowest BCUT2D eigenvalue weighted by Crippen LogP contribution is -2.39. The Kier molecular flexibility index (Phi) is 5.89. The van der Waals surface area contributed by atoms with Gasteiger partial charge in [-0.1, -0.05) is 18.2 Å². The number of benzene rings is 1. The normalized spacial score (nSPS) is 15.2. The molecule has 30 heavy (non-hydrogen) atoms. The van der Waals surface area contributed by atoms with E-state index in [1.165, 1.54) is 18.0 Å². The van der Waals surface area contributed by atoms with Gasteiger partial charge in [0.15, 0.2) is 0 Å². The fraction of sp³-hybridized carbons (Fsp3) is 0.476. The van der Waals surface area contributed by atoms with Crippen molar-refractivity contribution < 1.29 is 4.79 Å². The summed E-state index contributed by atoms with van der Waals surface area (Å²) >= 11 is 0. The first kappa shape index (κ1) is 20.2. The molecule has 4 rings (SSSR count). The number of piperidine rings is 1. The summed E-state index contributed by atoms with van der Waals surface area (Å²) in [5, 5.41) is 8.32. The fourth-order valence-electron chi connectivity index (χ4n) is 4.04. The fourth-order valence-corrected chi connectivity index (χ4v) is 4.04. The molecule has 2 N–H and O–H groups in total. The van der Waals surface area contributed by atoms with Crippen molar-refractivity contribution in [3.63, 3.8) is 0 Å². The molecule has 1 aliphatic rings. The zero-order valence-electron chi connectivity index (χ0n) is 17.5. The van der Waals surface area contributed by atoms with E-state index < -0.39 is 5.91 Å². The SMILES string of the molecule is CCN(Cc1ccc2c(c1)nnn2C)CC1CCN(c2ncc(C(N)=O)cn2)CC1. The van der Waals surface area contributed by atoms with E-state index >= 15 is 0 Å². The van der Waals surface area contributed by atoms with Crippen molar-refractivity contribution in [1.82, 2.24) is 29.9 Å². The molecule has 0 radical (unpaired) electrons. The first-order valence-electron chi connectivity index (χ1n) is 10.4. The maximum Gasteiger partial charge on any atom is 0.251 e. The molecule has 2 aromatic heterocycles. The van der Waals surface area contributed by atoms with Gasteiger partial charge < -0.3 is 10.6 Å². The van der Waals surface area contributed by atoms with Crippen LogP contribution < -0.4 is 10.6 Å². The van der Waals surface area contributed by atoms with E-state index in [9.17, 15) is 4.79 Å². The summed E-state index contributed by atoms with van der Waals surface area (Å²) < 4.78 is 1.80. The topological polar surface area (TPSA) is 106 Å². The Morgan fingerprint density at radius 2 is 1.97 bits per heavy atom. The molecule has 3 aromatic rings. The highest BCUT2D eigenvalue weighted by Gasteiger charge is 2.23. The Labute approximate surface area is 175 Å². The third-order valence-electron chi connectivity index (χ3n) is 5.86. The van der Waals surface area contributed by atoms with E-state index in [0.29, 0.717) is 17.4 Å². The number of carbonyl (C=O) groups excluding carboxylic acids is 1. The lowest BCUT2D eigenvalue weighted by atomic mass is 9.96. The third-order valence-corrected chi connectivity index (χ3v) is 5.86. The van der Waals surface area contributed by atoms with Crippen molar-refractivity contribution in [2.24, 2.45) is 18.7 Å². The molecule has 0 bridgehead atoms. The van der Waals surface area contributed by atoms with Crippen molar-refractivity contribution in [3.8, 4) is 0 Å². The van der Waals surface area contributed by atoms with Crippen LogP contribution in [0.15, 0.2) is 30.6 Å². The second-order valence-corrected chi connectivity index (χ2v) is 7.93. The van der Waals surface area contributed by atoms with Crippen LogP contribution in [0.1, 0.15) is 35.7 Å². The molecule has 9 nitrogen and oxygen atoms in total. The van der Waals surface area contributed by atoms with Crippen LogP contribution in [-0.4, -0.2) is 61.9 Å². The molecule has 1 saturated heterocycles. The van der Waals surface area contributed by atoms with Crippen LogP contribution in [-0.2, 0) is 13.6 Å². The molecule has 9 heteroatoms. The summed E-state index contributed by atoms with van der Waals surface area (Å²) in [7, 11) is 1.91. The number of nitrogens with two attached hydrogens (primary N) is 1. The Bertz CT molecular complexity index is 1010. The number of carbonyl (C=O) groups is 1. The zero-order chi connectivity index (χ0) is 21.1. The molecule has 0 unspecified atom stereocenters. The van der Waals surface area contributed by atoms with Gasteiger partial charge in [0.25, 0.3) is 5.91 Å². The Hall–Kier alpha value is -3.07. The maximum atomic E-state index is 11.2. The maximum absolute atomic E-state index is 11.2. The Morgan fingerprint density at radius 1 is 1.23 bits per heavy atom. The van der Waals surface area contributed by atoms with Crippen LogP contribution in [0.5, 0.6) is 0 Å². The van der Waals surface area contributed by atoms with Crippen molar-refractivity contribution in [1.29, 1.82) is 0 Å². The monoisotopic (exact) mass is 408 g/mol. The molecule has 0 atom stereocenters. The van der Waals surface area contributed by atoms with Gasteiger partial charge in [0.1, 0.15) is 5.52 Å². The van der Waals surface area contributed by atoms with Gasteiger partial charge in [0, 0.05) is 45.6 Å². The van der Waals surface area contributed by atoms with Crippen LogP contribution in [0.25, 0.3) is 11.0 Å². The quantitative estimate of drug-likeness (QED) is 0.633. The van der Waals surface area contributed by atoms with E-state index in [0.717, 1.165) is 56.6 Å². The van der Waals surface area contributed by atoms with Gasteiger partial charge in [-0.25, -0.2) is 14.6 Å². The molecule has 3 heterocycles. The second-order valence-electron chi connectivity index (χ2n) is 7.93. The lowest BCUT2D eigenvalue weighted by Gasteiger charge is -2.34. The average molecular weight is 409 g/mol. The molecule has 0 aliphatic carbocycles. The molecule has 1 aliphatic heterocycles. The van der Waals surface area contributed by atoms with Crippen LogP contribution in [0.4, 0.5) is 5.95 Å². The number of hydrogen-bond donors (Lipinski definition) is 1. The van der Waals surface area contributed by atoms with E-state index in [2.05, 4.69) is 55.2 Å². The summed E-state index contributed by atoms with van der Waals surface area (Å²) in [6.07, 6.45) is 5.20. The number of aryl methyl sites for hydroxylation is 1. The van der Waals surface area contributed by atoms with E-state index in [1.807, 2.05) is 7.05 Å². The van der Waals surface area contributed by atoms with E-state index in [4.69, 9.17) is 5.73 Å². The standard InChI is InChI=1S/C21H28N8O/c1-3-28(14-16-4-5-19-18(10-16)25-26-27(19)2)13-15-6-8-29(9-7-15)21-23-11-17(12-24-21)20(22)30/h4-5,10-12,15H,3,6-9,13-14H2,1-2H3,(H2,22,30). The van der Waals surface area contributed by atoms with Crippen molar-refractivity contribution in [3.05, 3.63) is 41.7 Å². The van der Waals surface area contributed by atoms with Gasteiger partial charge in [-0.15, -0.1) is 5.10 Å². The number of hydrogen-bond acceptors (Lipinski definition) is 7. The summed E-state index contributed by atoms with van der Waals surface area (Å²) in [5.41, 5.74) is 8.87. The molecule has 1 aromatic carbocycles. The highest BCUT2D eigenvalue weighted by molar-refractivity contribution is 5.92. The molecular formula is C21H28N8O. The zero-order valence-corrected chi connectivity index (χ0v) is 17.5. The number of rotatable bonds is 7. The highest BCUT2D eigenvalue weighted by Crippen LogP contribution is 2.22. The summed E-state index contributed by atoms with van der Waals surface area (Å²) in [5.74, 6) is 0.813. The first-order valence-corrected chi connectivity index (χ1v) is 10.4. The predicted octanol–water partition coefficient (Wildman–Crippen LogP) is 1.60. The van der Waals surface area contributed by atoms with Crippen molar-refractivity contribution in [2.45, 2.75) is 26.3 Å². The van der Waals surface area contributed by atoms with Crippen molar-refractivity contribution >= 4 is 22.9 Å². The minimum absolute atomic E-state index is 0.340. The number of amides is 1. The number of fused-ring (bicyclic) bond motifs is 1. The van der Waals surface area contributed by atoms with Gasteiger partial charge in [-0.3, -0.25) is 9.69 Å². The number of primary amides is 1. The molecule has 0 spiro atoms. The molecule has 1 amide bonds. The number of aromatic nitrogens is 5. The van der Waals surface area contributed by atoms with Gasteiger partial charge >= 0.3 is 0 Å². The van der Waals surface area contributed by atoms with Gasteiger partial charge in [0.2, 0.25) is 5.95 Å². The van der Waals surface area contributed by atoms with Crippen LogP contribution in [0.3, 0.4) is 0 Å². The van der Waals surface area contributed by atoms with Crippen LogP contribution in [0, 0.1) is 5.92 Å². The molecular weight excluding hydrogens is 380 g/mol. The molecule has 0 saturated carbocycles. The lowest BCUT2D eigenvalue weighted by molar-refractivity contribution is 0.0999. The van der Waals surface area contributed by atoms with Gasteiger partial charge in [0.05, 0.1) is 11.1 Å². The molecule has 1 fully saturated rings. The Morgan fingerprint density at radius 3 is 2.63 bits per heavy atom. The summed E-state index contributed by atoms with van der Waals surface area (Å²) in [6.45, 7) is 7.05. The minimum Gasteiger partial charge on any atom is -0.366 e. The van der Waals surface area contributed by atoms with E-state index in [1.54, 1.807) is 4.68 Å². The van der Waals surface area contributed by atoms with Crippen LogP contribution in [0.2, 0.25) is 0 Å².